The molecular weight excluding hydrogens is 574 g/mol. The predicted molar refractivity (Wildman–Crippen MR) is 160 cm³/mol. The number of aliphatic hydroxyl groups excluding tert-OH is 1. The van der Waals surface area contributed by atoms with E-state index in [1.54, 1.807) is 12.1 Å². The van der Waals surface area contributed by atoms with E-state index in [0.717, 1.165) is 12.0 Å². The lowest BCUT2D eigenvalue weighted by Crippen LogP contribution is -2.52. The maximum atomic E-state index is 13.9. The molecule has 2 aromatic rings. The number of anilines is 1. The highest BCUT2D eigenvalue weighted by Gasteiger charge is 2.44. The molecule has 2 heterocycles. The van der Waals surface area contributed by atoms with Gasteiger partial charge in [0, 0.05) is 25.2 Å². The number of Topliss-reactive ketones (excluding diaryl/α,β-unsaturated/α-hetero) is 1. The molecule has 43 heavy (non-hydrogen) atoms. The van der Waals surface area contributed by atoms with Crippen LogP contribution in [0, 0.1) is 11.3 Å². The van der Waals surface area contributed by atoms with Crippen molar-refractivity contribution >= 4 is 27.6 Å². The number of nitrogens with zero attached hydrogens (tertiary/aromatic N) is 1. The fraction of sp³-hybridized carbons (Fsp3) is 0.548. The van der Waals surface area contributed by atoms with Gasteiger partial charge in [0.05, 0.1) is 36.2 Å². The van der Waals surface area contributed by atoms with Gasteiger partial charge in [-0.1, -0.05) is 50.2 Å². The predicted octanol–water partition coefficient (Wildman–Crippen LogP) is 3.11. The number of fused-ring (bicyclic) bond motifs is 1. The van der Waals surface area contributed by atoms with Crippen LogP contribution in [0.5, 0.6) is 0 Å². The summed E-state index contributed by atoms with van der Waals surface area (Å²) in [7, 11) is -4.12. The van der Waals surface area contributed by atoms with Crippen LogP contribution in [0.2, 0.25) is 0 Å². The number of amides is 1. The summed E-state index contributed by atoms with van der Waals surface area (Å²) in [5.41, 5.74) is 6.44. The average molecular weight is 618 g/mol. The highest BCUT2D eigenvalue weighted by Crippen LogP contribution is 2.33. The summed E-state index contributed by atoms with van der Waals surface area (Å²) < 4.78 is 45.9. The van der Waals surface area contributed by atoms with Crippen molar-refractivity contribution in [1.29, 1.82) is 0 Å². The van der Waals surface area contributed by atoms with Gasteiger partial charge in [-0.15, -0.1) is 0 Å². The molecule has 2 fully saturated rings. The zero-order valence-electron chi connectivity index (χ0n) is 25.0. The van der Waals surface area contributed by atoms with Gasteiger partial charge in [0.15, 0.2) is 6.29 Å². The van der Waals surface area contributed by atoms with Crippen molar-refractivity contribution in [2.45, 2.75) is 75.9 Å². The third-order valence-electron chi connectivity index (χ3n) is 7.95. The van der Waals surface area contributed by atoms with Crippen molar-refractivity contribution in [3.63, 3.8) is 0 Å². The number of alkyl carbamates (subject to hydrolysis) is 1. The van der Waals surface area contributed by atoms with E-state index in [0.29, 0.717) is 19.4 Å². The number of nitrogen functional groups attached to an aromatic ring is 1. The first-order valence-corrected chi connectivity index (χ1v) is 16.1. The number of hydrogen-bond acceptors (Lipinski definition) is 9. The summed E-state index contributed by atoms with van der Waals surface area (Å²) >= 11 is 0. The molecule has 0 aliphatic carbocycles. The van der Waals surface area contributed by atoms with Gasteiger partial charge in [-0.25, -0.2) is 13.2 Å². The normalized spacial score (nSPS) is 21.7. The molecule has 2 aliphatic heterocycles. The minimum absolute atomic E-state index is 0.00661. The van der Waals surface area contributed by atoms with Crippen LogP contribution in [0.3, 0.4) is 0 Å². The number of nitrogens with two attached hydrogens (primary N) is 1. The maximum absolute atomic E-state index is 13.9. The number of ketones is 1. The molecule has 0 bridgehead atoms. The summed E-state index contributed by atoms with van der Waals surface area (Å²) in [6, 6.07) is 14.4. The van der Waals surface area contributed by atoms with E-state index < -0.39 is 39.8 Å². The van der Waals surface area contributed by atoms with Crippen molar-refractivity contribution < 1.29 is 37.3 Å². The number of benzene rings is 2. The number of sulfonamides is 1. The molecular formula is C31H43N3O8S. The van der Waals surface area contributed by atoms with Gasteiger partial charge in [0.25, 0.3) is 0 Å². The highest BCUT2D eigenvalue weighted by atomic mass is 32.2. The number of rotatable bonds is 14. The summed E-state index contributed by atoms with van der Waals surface area (Å²) in [5, 5.41) is 14.4. The Bertz CT molecular complexity index is 1350. The second-order valence-electron chi connectivity index (χ2n) is 12.2. The van der Waals surface area contributed by atoms with E-state index in [-0.39, 0.29) is 54.7 Å². The molecule has 0 aromatic heterocycles. The molecule has 0 saturated carbocycles. The number of ether oxygens (including phenoxy) is 3. The molecule has 2 aliphatic rings. The average Bonchev–Trinajstić information content (AvgIpc) is 3.57. The lowest BCUT2D eigenvalue weighted by molar-refractivity contribution is -0.117. The summed E-state index contributed by atoms with van der Waals surface area (Å²) in [6.07, 6.45) is -1.21. The van der Waals surface area contributed by atoms with Crippen molar-refractivity contribution in [3.8, 4) is 0 Å². The van der Waals surface area contributed by atoms with Crippen LogP contribution in [0.25, 0.3) is 0 Å². The lowest BCUT2D eigenvalue weighted by atomic mass is 9.87. The number of nitrogens with one attached hydrogen (secondary N) is 1. The standard InChI is InChI=1S/C31H43N3O8S/c1-21(35)12-14-31(2,3)20-34(43(38,39)24-11-7-10-23(32)17-24)18-27(36)26(16-22-8-5-4-6-9-22)33-30(37)42-28-19-41-29-25(28)13-15-40-29/h4-11,17,25-29,36H,12-16,18-20,32H2,1-3H3,(H,33,37)/t25?,26-,27?,28?,29?/m0/s1. The Kier molecular flexibility index (Phi) is 10.8. The van der Waals surface area contributed by atoms with Gasteiger partial charge in [-0.2, -0.15) is 4.31 Å². The Morgan fingerprint density at radius 2 is 1.91 bits per heavy atom. The topological polar surface area (TPSA) is 157 Å². The first kappa shape index (κ1) is 32.9. The zero-order valence-corrected chi connectivity index (χ0v) is 25.8. The SMILES string of the molecule is CC(=O)CCC(C)(C)CN(CC(O)[C@H](Cc1ccccc1)NC(=O)OC1COC2OCCC12)S(=O)(=O)c1cccc(N)c1. The fourth-order valence-electron chi connectivity index (χ4n) is 5.50. The van der Waals surface area contributed by atoms with Crippen LogP contribution in [-0.4, -0.2) is 80.5 Å². The van der Waals surface area contributed by atoms with Crippen molar-refractivity contribution in [1.82, 2.24) is 9.62 Å². The first-order chi connectivity index (χ1) is 20.3. The summed E-state index contributed by atoms with van der Waals surface area (Å²) in [5.74, 6) is -0.0495. The molecule has 1 amide bonds. The highest BCUT2D eigenvalue weighted by molar-refractivity contribution is 7.89. The second kappa shape index (κ2) is 14.2. The maximum Gasteiger partial charge on any atom is 0.407 e. The Labute approximate surface area is 253 Å². The third kappa shape index (κ3) is 8.99. The van der Waals surface area contributed by atoms with E-state index in [1.807, 2.05) is 44.2 Å². The number of hydrogen-bond donors (Lipinski definition) is 3. The largest absolute Gasteiger partial charge is 0.443 e. The van der Waals surface area contributed by atoms with Crippen LogP contribution in [0.4, 0.5) is 10.5 Å². The smallest absolute Gasteiger partial charge is 0.407 e. The first-order valence-electron chi connectivity index (χ1n) is 14.6. The Balaban J connectivity index is 1.56. The molecule has 4 N–H and O–H groups in total. The molecule has 2 saturated heterocycles. The number of aliphatic hydroxyl groups is 1. The van der Waals surface area contributed by atoms with Gasteiger partial charge in [-0.05, 0) is 55.4 Å². The van der Waals surface area contributed by atoms with Gasteiger partial charge in [0.1, 0.15) is 11.9 Å². The Morgan fingerprint density at radius 1 is 1.16 bits per heavy atom. The minimum atomic E-state index is -4.12. The van der Waals surface area contributed by atoms with Crippen molar-refractivity contribution in [2.75, 3.05) is 32.0 Å². The Hall–Kier alpha value is -3.03. The van der Waals surface area contributed by atoms with E-state index in [2.05, 4.69) is 5.32 Å². The van der Waals surface area contributed by atoms with E-state index in [1.165, 1.54) is 23.4 Å². The molecule has 4 rings (SSSR count). The molecule has 11 nitrogen and oxygen atoms in total. The van der Waals surface area contributed by atoms with Crippen LogP contribution in [0.15, 0.2) is 59.5 Å². The molecule has 0 radical (unpaired) electrons. The molecule has 5 atom stereocenters. The minimum Gasteiger partial charge on any atom is -0.443 e. The second-order valence-corrected chi connectivity index (χ2v) is 14.2. The van der Waals surface area contributed by atoms with Gasteiger partial charge >= 0.3 is 6.09 Å². The van der Waals surface area contributed by atoms with Crippen molar-refractivity contribution in [3.05, 3.63) is 60.2 Å². The fourth-order valence-corrected chi connectivity index (χ4v) is 7.20. The molecule has 0 spiro atoms. The van der Waals surface area contributed by atoms with Crippen LogP contribution < -0.4 is 11.1 Å². The molecule has 236 valence electrons. The summed E-state index contributed by atoms with van der Waals surface area (Å²) in [6.45, 7) is 5.72. The van der Waals surface area contributed by atoms with E-state index in [4.69, 9.17) is 19.9 Å². The summed E-state index contributed by atoms with van der Waals surface area (Å²) in [4.78, 5) is 24.8. The quantitative estimate of drug-likeness (QED) is 0.271. The van der Waals surface area contributed by atoms with Crippen LogP contribution in [0.1, 0.15) is 45.6 Å². The van der Waals surface area contributed by atoms with Crippen molar-refractivity contribution in [2.24, 2.45) is 11.3 Å². The van der Waals surface area contributed by atoms with Crippen LogP contribution in [-0.2, 0) is 35.4 Å². The monoisotopic (exact) mass is 617 g/mol. The van der Waals surface area contributed by atoms with Gasteiger partial charge in [0.2, 0.25) is 10.0 Å². The van der Waals surface area contributed by atoms with Crippen LogP contribution >= 0.6 is 0 Å². The third-order valence-corrected chi connectivity index (χ3v) is 9.76. The Morgan fingerprint density at radius 3 is 2.60 bits per heavy atom. The van der Waals surface area contributed by atoms with Gasteiger partial charge in [-0.3, -0.25) is 0 Å². The zero-order chi connectivity index (χ0) is 31.2. The lowest BCUT2D eigenvalue weighted by Gasteiger charge is -2.35. The number of carbonyl (C=O) groups excluding carboxylic acids is 2. The molecule has 2 aromatic carbocycles. The molecule has 4 unspecified atom stereocenters. The van der Waals surface area contributed by atoms with E-state index >= 15 is 0 Å². The molecule has 12 heteroatoms. The number of carbonyl (C=O) groups is 2. The van der Waals surface area contributed by atoms with Gasteiger partial charge < -0.3 is 35.2 Å². The van der Waals surface area contributed by atoms with E-state index in [9.17, 15) is 23.1 Å².